The third kappa shape index (κ3) is 5.72. The lowest BCUT2D eigenvalue weighted by molar-refractivity contribution is 0.0526. The average molecular weight is 501 g/mol. The number of benzene rings is 3. The fourth-order valence-corrected chi connectivity index (χ4v) is 3.71. The molecule has 37 heavy (non-hydrogen) atoms. The Morgan fingerprint density at radius 1 is 0.838 bits per heavy atom. The predicted molar refractivity (Wildman–Crippen MR) is 140 cm³/mol. The Bertz CT molecular complexity index is 1510. The first kappa shape index (κ1) is 25.7. The lowest BCUT2D eigenvalue weighted by atomic mass is 9.87. The van der Waals surface area contributed by atoms with Gasteiger partial charge in [-0.25, -0.2) is 9.59 Å². The quantitative estimate of drug-likeness (QED) is 0.218. The van der Waals surface area contributed by atoms with Gasteiger partial charge in [-0.2, -0.15) is 0 Å². The number of esters is 2. The molecule has 0 fully saturated rings. The zero-order chi connectivity index (χ0) is 26.7. The molecule has 0 radical (unpaired) electrons. The molecule has 190 valence electrons. The molecule has 0 aliphatic carbocycles. The molecule has 0 bridgehead atoms. The predicted octanol–water partition coefficient (Wildman–Crippen LogP) is 6.59. The number of carbonyl (C=O) groups is 2. The summed E-state index contributed by atoms with van der Waals surface area (Å²) in [6.07, 6.45) is 0. The van der Waals surface area contributed by atoms with Crippen molar-refractivity contribution in [2.24, 2.45) is 0 Å². The first-order chi connectivity index (χ1) is 17.6. The molecule has 1 heterocycles. The summed E-state index contributed by atoms with van der Waals surface area (Å²) in [4.78, 5) is 37.6. The first-order valence-corrected chi connectivity index (χ1v) is 11.9. The summed E-state index contributed by atoms with van der Waals surface area (Å²) in [5, 5.41) is 0.276. The van der Waals surface area contributed by atoms with Crippen LogP contribution in [0.3, 0.4) is 0 Å². The highest BCUT2D eigenvalue weighted by Gasteiger charge is 2.18. The van der Waals surface area contributed by atoms with Gasteiger partial charge in [-0.1, -0.05) is 32.9 Å². The van der Waals surface area contributed by atoms with E-state index in [2.05, 4.69) is 20.8 Å². The van der Waals surface area contributed by atoms with E-state index in [1.54, 1.807) is 50.2 Å². The minimum Gasteiger partial charge on any atom is -0.462 e. The van der Waals surface area contributed by atoms with Gasteiger partial charge < -0.3 is 18.6 Å². The Morgan fingerprint density at radius 2 is 1.43 bits per heavy atom. The molecular formula is C30H28O7. The van der Waals surface area contributed by atoms with E-state index in [1.165, 1.54) is 18.2 Å². The van der Waals surface area contributed by atoms with Crippen LogP contribution in [0.1, 0.15) is 59.7 Å². The SMILES string of the molecule is CCOC(=O)c1ccc(Oc2c(C)oc3cc(OC(=O)c4ccc(C(C)(C)C)cc4)ccc3c2=O)cc1. The summed E-state index contributed by atoms with van der Waals surface area (Å²) in [7, 11) is 0. The maximum atomic E-state index is 13.1. The van der Waals surface area contributed by atoms with Gasteiger partial charge in [0.25, 0.3) is 0 Å². The summed E-state index contributed by atoms with van der Waals surface area (Å²) in [5.41, 5.74) is 1.78. The van der Waals surface area contributed by atoms with Crippen molar-refractivity contribution in [2.75, 3.05) is 6.61 Å². The van der Waals surface area contributed by atoms with Crippen LogP contribution in [0.4, 0.5) is 0 Å². The topological polar surface area (TPSA) is 92.0 Å². The second kappa shape index (κ2) is 10.3. The van der Waals surface area contributed by atoms with Gasteiger partial charge in [0.05, 0.1) is 23.1 Å². The lowest BCUT2D eigenvalue weighted by Gasteiger charge is -2.18. The molecule has 0 saturated carbocycles. The van der Waals surface area contributed by atoms with Crippen LogP contribution in [0.2, 0.25) is 0 Å². The number of rotatable bonds is 6. The van der Waals surface area contributed by atoms with Crippen molar-refractivity contribution < 1.29 is 28.2 Å². The zero-order valence-electron chi connectivity index (χ0n) is 21.4. The van der Waals surface area contributed by atoms with Gasteiger partial charge in [-0.15, -0.1) is 0 Å². The van der Waals surface area contributed by atoms with Crippen molar-refractivity contribution in [3.63, 3.8) is 0 Å². The Labute approximate surface area is 214 Å². The summed E-state index contributed by atoms with van der Waals surface area (Å²) >= 11 is 0. The Kier molecular flexibility index (Phi) is 7.16. The normalized spacial score (nSPS) is 11.3. The van der Waals surface area contributed by atoms with Crippen LogP contribution in [0.25, 0.3) is 11.0 Å². The van der Waals surface area contributed by atoms with E-state index >= 15 is 0 Å². The molecule has 0 aliphatic rings. The van der Waals surface area contributed by atoms with Crippen molar-refractivity contribution in [2.45, 2.75) is 40.0 Å². The summed E-state index contributed by atoms with van der Waals surface area (Å²) in [6.45, 7) is 9.92. The maximum absolute atomic E-state index is 13.1. The van der Waals surface area contributed by atoms with Gasteiger partial charge in [0.2, 0.25) is 11.2 Å². The number of fused-ring (bicyclic) bond motifs is 1. The van der Waals surface area contributed by atoms with Crippen LogP contribution in [-0.4, -0.2) is 18.5 Å². The fraction of sp³-hybridized carbons (Fsp3) is 0.233. The van der Waals surface area contributed by atoms with Crippen LogP contribution in [0, 0.1) is 6.92 Å². The average Bonchev–Trinajstić information content (AvgIpc) is 2.86. The largest absolute Gasteiger partial charge is 0.462 e. The van der Waals surface area contributed by atoms with E-state index in [0.717, 1.165) is 5.56 Å². The zero-order valence-corrected chi connectivity index (χ0v) is 21.4. The van der Waals surface area contributed by atoms with Crippen LogP contribution in [-0.2, 0) is 10.2 Å². The standard InChI is InChI=1S/C30H28O7/c1-6-34-28(32)19-9-13-22(14-10-19)36-27-18(2)35-25-17-23(15-16-24(25)26(27)31)37-29(33)20-7-11-21(12-8-20)30(3,4)5/h7-17H,6H2,1-5H3. The molecule has 0 spiro atoms. The van der Waals surface area contributed by atoms with E-state index in [4.69, 9.17) is 18.6 Å². The van der Waals surface area contributed by atoms with Gasteiger partial charge >= 0.3 is 11.9 Å². The smallest absolute Gasteiger partial charge is 0.343 e. The van der Waals surface area contributed by atoms with Crippen molar-refractivity contribution in [1.82, 2.24) is 0 Å². The third-order valence-corrected chi connectivity index (χ3v) is 5.77. The Hall–Kier alpha value is -4.39. The highest BCUT2D eigenvalue weighted by atomic mass is 16.5. The molecule has 0 saturated heterocycles. The number of hydrogen-bond donors (Lipinski definition) is 0. The highest BCUT2D eigenvalue weighted by Crippen LogP contribution is 2.28. The molecular weight excluding hydrogens is 472 g/mol. The Balaban J connectivity index is 1.54. The maximum Gasteiger partial charge on any atom is 0.343 e. The van der Waals surface area contributed by atoms with E-state index < -0.39 is 11.9 Å². The van der Waals surface area contributed by atoms with Gasteiger partial charge in [0, 0.05) is 6.07 Å². The van der Waals surface area contributed by atoms with E-state index in [9.17, 15) is 14.4 Å². The molecule has 0 amide bonds. The first-order valence-electron chi connectivity index (χ1n) is 11.9. The number of carbonyl (C=O) groups excluding carboxylic acids is 2. The number of hydrogen-bond acceptors (Lipinski definition) is 7. The van der Waals surface area contributed by atoms with Crippen molar-refractivity contribution in [3.8, 4) is 17.2 Å². The molecule has 4 aromatic rings. The lowest BCUT2D eigenvalue weighted by Crippen LogP contribution is -2.13. The molecule has 0 unspecified atom stereocenters. The van der Waals surface area contributed by atoms with Crippen molar-refractivity contribution >= 4 is 22.9 Å². The highest BCUT2D eigenvalue weighted by molar-refractivity contribution is 5.92. The van der Waals surface area contributed by atoms with Crippen molar-refractivity contribution in [3.05, 3.63) is 99.4 Å². The second-order valence-electron chi connectivity index (χ2n) is 9.54. The summed E-state index contributed by atoms with van der Waals surface area (Å²) in [6, 6.07) is 18.1. The molecule has 3 aromatic carbocycles. The minimum atomic E-state index is -0.509. The van der Waals surface area contributed by atoms with Crippen LogP contribution in [0.5, 0.6) is 17.2 Å². The van der Waals surface area contributed by atoms with Gasteiger partial charge in [-0.3, -0.25) is 4.79 Å². The third-order valence-electron chi connectivity index (χ3n) is 5.77. The number of ether oxygens (including phenoxy) is 3. The molecule has 4 rings (SSSR count). The van der Waals surface area contributed by atoms with Crippen LogP contribution < -0.4 is 14.9 Å². The second-order valence-corrected chi connectivity index (χ2v) is 9.54. The van der Waals surface area contributed by atoms with E-state index in [1.807, 2.05) is 12.1 Å². The van der Waals surface area contributed by atoms with Crippen LogP contribution >= 0.6 is 0 Å². The fourth-order valence-electron chi connectivity index (χ4n) is 3.71. The van der Waals surface area contributed by atoms with E-state index in [-0.39, 0.29) is 45.7 Å². The molecule has 0 atom stereocenters. The summed E-state index contributed by atoms with van der Waals surface area (Å²) < 4.78 is 22.1. The summed E-state index contributed by atoms with van der Waals surface area (Å²) in [5.74, 6) is -0.0405. The van der Waals surface area contributed by atoms with Gasteiger partial charge in [0.1, 0.15) is 22.8 Å². The minimum absolute atomic E-state index is 0.0230. The van der Waals surface area contributed by atoms with Crippen LogP contribution in [0.15, 0.2) is 75.9 Å². The van der Waals surface area contributed by atoms with Gasteiger partial charge in [-0.05, 0) is 73.4 Å². The molecule has 0 aliphatic heterocycles. The molecule has 1 aromatic heterocycles. The molecule has 7 nitrogen and oxygen atoms in total. The molecule has 0 N–H and O–H groups in total. The number of aryl methyl sites for hydroxylation is 1. The van der Waals surface area contributed by atoms with E-state index in [0.29, 0.717) is 16.9 Å². The van der Waals surface area contributed by atoms with Gasteiger partial charge in [0.15, 0.2) is 0 Å². The van der Waals surface area contributed by atoms with Crippen molar-refractivity contribution in [1.29, 1.82) is 0 Å². The molecule has 7 heteroatoms. The Morgan fingerprint density at radius 3 is 2.05 bits per heavy atom. The monoisotopic (exact) mass is 500 g/mol.